The summed E-state index contributed by atoms with van der Waals surface area (Å²) >= 11 is 0. The number of ether oxygens (including phenoxy) is 2. The zero-order chi connectivity index (χ0) is 20.1. The molecule has 1 atom stereocenters. The van der Waals surface area contributed by atoms with Crippen LogP contribution < -0.4 is 14.8 Å². The quantitative estimate of drug-likeness (QED) is 0.590. The minimum Gasteiger partial charge on any atom is -0.493 e. The largest absolute Gasteiger partial charge is 0.493 e. The van der Waals surface area contributed by atoms with Crippen molar-refractivity contribution in [1.82, 2.24) is 10.3 Å². The Labute approximate surface area is 163 Å². The van der Waals surface area contributed by atoms with Gasteiger partial charge in [-0.3, -0.25) is 4.79 Å². The summed E-state index contributed by atoms with van der Waals surface area (Å²) in [6.07, 6.45) is 1.88. The average molecular weight is 381 g/mol. The highest BCUT2D eigenvalue weighted by atomic mass is 16.5. The fraction of sp³-hybridized carbons (Fsp3) is 0.286. The summed E-state index contributed by atoms with van der Waals surface area (Å²) in [5.74, 6) is 0.766. The second-order valence-electron chi connectivity index (χ2n) is 6.26. The molecule has 0 saturated carbocycles. The molecular weight excluding hydrogens is 358 g/mol. The van der Waals surface area contributed by atoms with Crippen LogP contribution in [0.4, 0.5) is 4.79 Å². The lowest BCUT2D eigenvalue weighted by atomic mass is 9.87. The lowest BCUT2D eigenvalue weighted by molar-refractivity contribution is -0.131. The van der Waals surface area contributed by atoms with E-state index in [9.17, 15) is 9.59 Å². The van der Waals surface area contributed by atoms with Crippen molar-refractivity contribution in [1.29, 1.82) is 0 Å². The number of imide groups is 1. The van der Waals surface area contributed by atoms with Crippen LogP contribution in [0.25, 0.3) is 0 Å². The fourth-order valence-corrected chi connectivity index (χ4v) is 3.20. The molecule has 7 nitrogen and oxygen atoms in total. The normalized spacial score (nSPS) is 19.2. The number of rotatable bonds is 7. The van der Waals surface area contributed by atoms with Crippen LogP contribution in [-0.4, -0.2) is 36.9 Å². The van der Waals surface area contributed by atoms with E-state index in [0.717, 1.165) is 10.6 Å². The van der Waals surface area contributed by atoms with Gasteiger partial charge in [-0.15, -0.1) is 5.01 Å². The number of hydrazone groups is 1. The van der Waals surface area contributed by atoms with Crippen molar-refractivity contribution < 1.29 is 19.1 Å². The average Bonchev–Trinajstić information content (AvgIpc) is 2.98. The second kappa shape index (κ2) is 8.12. The number of nitrogens with zero attached hydrogens (tertiary/aromatic N) is 2. The van der Waals surface area contributed by atoms with Gasteiger partial charge in [-0.05, 0) is 42.7 Å². The summed E-state index contributed by atoms with van der Waals surface area (Å²) in [4.78, 5) is 25.5. The molecule has 0 aliphatic carbocycles. The molecule has 0 spiro atoms. The molecule has 1 fully saturated rings. The standard InChI is InChI=1S/C21H23N3O4/c1-4-21(16-9-7-6-8-10-16)19(25)24(20(26)23-21)22-14-15-11-12-17(27-3)18(13-15)28-5-2/h6-14H,4-5H2,1-3H3,(H,23,26)/b22-14-/t21-/m1/s1. The summed E-state index contributed by atoms with van der Waals surface area (Å²) in [6.45, 7) is 4.22. The van der Waals surface area contributed by atoms with Crippen molar-refractivity contribution >= 4 is 18.2 Å². The minimum atomic E-state index is -1.11. The van der Waals surface area contributed by atoms with E-state index in [1.54, 1.807) is 25.3 Å². The van der Waals surface area contributed by atoms with Crippen LogP contribution in [0.15, 0.2) is 53.6 Å². The maximum absolute atomic E-state index is 13.0. The monoisotopic (exact) mass is 381 g/mol. The third-order valence-corrected chi connectivity index (χ3v) is 4.68. The van der Waals surface area contributed by atoms with Crippen molar-refractivity contribution in [3.05, 3.63) is 59.7 Å². The molecular formula is C21H23N3O4. The van der Waals surface area contributed by atoms with Crippen molar-refractivity contribution in [3.63, 3.8) is 0 Å². The molecule has 0 aromatic heterocycles. The van der Waals surface area contributed by atoms with Gasteiger partial charge in [-0.25, -0.2) is 4.79 Å². The minimum absolute atomic E-state index is 0.402. The molecule has 1 aliphatic rings. The highest BCUT2D eigenvalue weighted by molar-refractivity contribution is 6.07. The van der Waals surface area contributed by atoms with Gasteiger partial charge >= 0.3 is 6.03 Å². The predicted octanol–water partition coefficient (Wildman–Crippen LogP) is 3.29. The van der Waals surface area contributed by atoms with E-state index >= 15 is 0 Å². The summed E-state index contributed by atoms with van der Waals surface area (Å²) in [5, 5.41) is 7.81. The molecule has 28 heavy (non-hydrogen) atoms. The van der Waals surface area contributed by atoms with Crippen molar-refractivity contribution in [2.45, 2.75) is 25.8 Å². The Morgan fingerprint density at radius 1 is 1.11 bits per heavy atom. The highest BCUT2D eigenvalue weighted by Gasteiger charge is 2.51. The molecule has 2 aromatic rings. The first-order valence-corrected chi connectivity index (χ1v) is 9.12. The number of hydrogen-bond acceptors (Lipinski definition) is 5. The number of nitrogens with one attached hydrogen (secondary N) is 1. The number of urea groups is 1. The van der Waals surface area contributed by atoms with E-state index in [-0.39, 0.29) is 0 Å². The lowest BCUT2D eigenvalue weighted by Gasteiger charge is -2.24. The number of carbonyl (C=O) groups is 2. The van der Waals surface area contributed by atoms with Gasteiger partial charge in [0.2, 0.25) is 0 Å². The Bertz CT molecular complexity index is 898. The molecule has 1 N–H and O–H groups in total. The topological polar surface area (TPSA) is 80.2 Å². The van der Waals surface area contributed by atoms with Crippen molar-refractivity contribution in [2.75, 3.05) is 13.7 Å². The van der Waals surface area contributed by atoms with Gasteiger partial charge < -0.3 is 14.8 Å². The molecule has 1 heterocycles. The molecule has 2 aromatic carbocycles. The number of benzene rings is 2. The van der Waals surface area contributed by atoms with Gasteiger partial charge in [-0.1, -0.05) is 37.3 Å². The van der Waals surface area contributed by atoms with Gasteiger partial charge in [0.15, 0.2) is 11.5 Å². The number of amides is 3. The molecule has 3 amide bonds. The Hall–Kier alpha value is -3.35. The van der Waals surface area contributed by atoms with Gasteiger partial charge in [0.25, 0.3) is 5.91 Å². The molecule has 7 heteroatoms. The molecule has 0 bridgehead atoms. The summed E-state index contributed by atoms with van der Waals surface area (Å²) in [6, 6.07) is 13.9. The fourth-order valence-electron chi connectivity index (χ4n) is 3.20. The van der Waals surface area contributed by atoms with Gasteiger partial charge in [0.1, 0.15) is 5.54 Å². The van der Waals surface area contributed by atoms with Crippen LogP contribution in [0.2, 0.25) is 0 Å². The SMILES string of the molecule is CCOc1cc(/C=N\N2C(=O)N[C@](CC)(c3ccccc3)C2=O)ccc1OC. The Kier molecular flexibility index (Phi) is 5.63. The Balaban J connectivity index is 1.88. The molecule has 0 radical (unpaired) electrons. The summed E-state index contributed by atoms with van der Waals surface area (Å²) < 4.78 is 10.8. The third-order valence-electron chi connectivity index (χ3n) is 4.68. The van der Waals surface area contributed by atoms with Crippen LogP contribution in [0.1, 0.15) is 31.4 Å². The summed E-state index contributed by atoms with van der Waals surface area (Å²) in [5.41, 5.74) is 0.307. The molecule has 146 valence electrons. The van der Waals surface area contributed by atoms with Crippen LogP contribution in [0, 0.1) is 0 Å². The maximum atomic E-state index is 13.0. The van der Waals surface area contributed by atoms with E-state index in [1.807, 2.05) is 44.2 Å². The number of methoxy groups -OCH3 is 1. The van der Waals surface area contributed by atoms with E-state index in [2.05, 4.69) is 10.4 Å². The number of hydrogen-bond donors (Lipinski definition) is 1. The van der Waals surface area contributed by atoms with Crippen molar-refractivity contribution in [3.8, 4) is 11.5 Å². The van der Waals surface area contributed by atoms with E-state index in [0.29, 0.717) is 30.1 Å². The van der Waals surface area contributed by atoms with Crippen molar-refractivity contribution in [2.24, 2.45) is 5.10 Å². The number of carbonyl (C=O) groups excluding carboxylic acids is 2. The van der Waals surface area contributed by atoms with E-state index in [4.69, 9.17) is 9.47 Å². The lowest BCUT2D eigenvalue weighted by Crippen LogP contribution is -2.43. The predicted molar refractivity (Wildman–Crippen MR) is 106 cm³/mol. The van der Waals surface area contributed by atoms with Gasteiger partial charge in [0, 0.05) is 0 Å². The maximum Gasteiger partial charge on any atom is 0.346 e. The van der Waals surface area contributed by atoms with Crippen LogP contribution in [0.3, 0.4) is 0 Å². The van der Waals surface area contributed by atoms with E-state index in [1.165, 1.54) is 6.21 Å². The Morgan fingerprint density at radius 2 is 1.86 bits per heavy atom. The zero-order valence-electron chi connectivity index (χ0n) is 16.1. The molecule has 0 unspecified atom stereocenters. The smallest absolute Gasteiger partial charge is 0.346 e. The van der Waals surface area contributed by atoms with Crippen LogP contribution in [0.5, 0.6) is 11.5 Å². The second-order valence-corrected chi connectivity index (χ2v) is 6.26. The molecule has 1 saturated heterocycles. The Morgan fingerprint density at radius 3 is 2.50 bits per heavy atom. The van der Waals surface area contributed by atoms with E-state index < -0.39 is 17.5 Å². The first kappa shape index (κ1) is 19.4. The van der Waals surface area contributed by atoms with Gasteiger partial charge in [-0.2, -0.15) is 5.10 Å². The first-order valence-electron chi connectivity index (χ1n) is 9.12. The van der Waals surface area contributed by atoms with Crippen LogP contribution >= 0.6 is 0 Å². The molecule has 1 aliphatic heterocycles. The summed E-state index contributed by atoms with van der Waals surface area (Å²) in [7, 11) is 1.56. The zero-order valence-corrected chi connectivity index (χ0v) is 16.1. The van der Waals surface area contributed by atoms with Gasteiger partial charge in [0.05, 0.1) is 19.9 Å². The van der Waals surface area contributed by atoms with Crippen LogP contribution in [-0.2, 0) is 10.3 Å². The first-order chi connectivity index (χ1) is 13.6. The third kappa shape index (κ3) is 3.43. The molecule has 3 rings (SSSR count). The highest BCUT2D eigenvalue weighted by Crippen LogP contribution is 2.32.